The van der Waals surface area contributed by atoms with E-state index in [1.54, 1.807) is 0 Å². The molecule has 0 saturated carbocycles. The van der Waals surface area contributed by atoms with E-state index in [0.29, 0.717) is 23.5 Å². The van der Waals surface area contributed by atoms with E-state index in [1.165, 1.54) is 5.56 Å². The van der Waals surface area contributed by atoms with Crippen molar-refractivity contribution in [2.24, 2.45) is 0 Å². The lowest BCUT2D eigenvalue weighted by Gasteiger charge is -2.47. The van der Waals surface area contributed by atoms with Crippen LogP contribution in [0.25, 0.3) is 0 Å². The van der Waals surface area contributed by atoms with Crippen LogP contribution in [0.3, 0.4) is 0 Å². The van der Waals surface area contributed by atoms with Gasteiger partial charge in [-0.3, -0.25) is 4.90 Å². The third-order valence-corrected chi connectivity index (χ3v) is 7.32. The molecule has 2 fully saturated rings. The van der Waals surface area contributed by atoms with Gasteiger partial charge in [0.15, 0.2) is 0 Å². The molecule has 0 amide bonds. The second-order valence-electron chi connectivity index (χ2n) is 9.47. The number of hydrogen-bond donors (Lipinski definition) is 1. The van der Waals surface area contributed by atoms with Gasteiger partial charge in [-0.05, 0) is 75.5 Å². The molecule has 0 bridgehead atoms. The molecular weight excluding hydrogens is 488 g/mol. The lowest BCUT2D eigenvalue weighted by atomic mass is 10.0. The fourth-order valence-corrected chi connectivity index (χ4v) is 5.41. The average Bonchev–Trinajstić information content (AvgIpc) is 2.95. The van der Waals surface area contributed by atoms with Gasteiger partial charge in [0.05, 0.1) is 23.7 Å². The number of halogens is 1. The van der Waals surface area contributed by atoms with Crippen molar-refractivity contribution >= 4 is 23.5 Å². The Kier molecular flexibility index (Phi) is 8.65. The van der Waals surface area contributed by atoms with Gasteiger partial charge in [-0.25, -0.2) is 30.0 Å². The predicted molar refractivity (Wildman–Crippen MR) is 146 cm³/mol. The van der Waals surface area contributed by atoms with Crippen LogP contribution in [-0.4, -0.2) is 69.7 Å². The third kappa shape index (κ3) is 6.29. The summed E-state index contributed by atoms with van der Waals surface area (Å²) in [5, 5.41) is 8.68. The highest BCUT2D eigenvalue weighted by Gasteiger charge is 2.36. The number of nitrogens with zero attached hydrogens (tertiary/aromatic N) is 7. The second-order valence-corrected chi connectivity index (χ2v) is 9.88. The van der Waals surface area contributed by atoms with Crippen LogP contribution in [-0.2, 0) is 6.54 Å². The van der Waals surface area contributed by atoms with Crippen LogP contribution in [0.1, 0.15) is 38.2 Å². The van der Waals surface area contributed by atoms with Crippen LogP contribution in [0.4, 0.5) is 11.9 Å². The molecule has 1 N–H and O–H groups in total. The fraction of sp³-hybridized carbons (Fsp3) is 0.481. The van der Waals surface area contributed by atoms with Crippen molar-refractivity contribution in [1.82, 2.24) is 30.2 Å². The zero-order chi connectivity index (χ0) is 25.5. The lowest BCUT2D eigenvalue weighted by molar-refractivity contribution is 0.196. The Hall–Kier alpha value is -3.01. The normalized spacial score (nSPS) is 17.5. The summed E-state index contributed by atoms with van der Waals surface area (Å²) in [6, 6.07) is 10.3. The zero-order valence-electron chi connectivity index (χ0n) is 21.3. The molecule has 9 nitrogen and oxygen atoms in total. The molecule has 4 heterocycles. The van der Waals surface area contributed by atoms with Gasteiger partial charge >= 0.3 is 0 Å². The molecule has 1 aromatic carbocycles. The molecule has 37 heavy (non-hydrogen) atoms. The van der Waals surface area contributed by atoms with Crippen molar-refractivity contribution in [1.29, 1.82) is 0 Å². The number of hydrazine groups is 1. The molecule has 0 spiro atoms. The molecule has 2 saturated heterocycles. The lowest BCUT2D eigenvalue weighted by Crippen LogP contribution is -2.59. The van der Waals surface area contributed by atoms with Gasteiger partial charge in [-0.2, -0.15) is 0 Å². The minimum atomic E-state index is 0.238. The van der Waals surface area contributed by atoms with E-state index < -0.39 is 0 Å². The molecule has 2 aliphatic heterocycles. The quantitative estimate of drug-likeness (QED) is 0.420. The van der Waals surface area contributed by atoms with Crippen molar-refractivity contribution in [2.45, 2.75) is 51.2 Å². The highest BCUT2D eigenvalue weighted by Crippen LogP contribution is 2.30. The molecule has 2 aliphatic rings. The number of nitrogens with one attached hydrogen (secondary N) is 1. The van der Waals surface area contributed by atoms with Crippen molar-refractivity contribution in [2.75, 3.05) is 42.8 Å². The molecular formula is C27H35ClN8O. The summed E-state index contributed by atoms with van der Waals surface area (Å²) in [6.45, 7) is 7.33. The first-order chi connectivity index (χ1) is 18.2. The number of hydrogen-bond acceptors (Lipinski definition) is 9. The van der Waals surface area contributed by atoms with Gasteiger partial charge in [0.2, 0.25) is 11.9 Å². The number of rotatable bonds is 9. The average molecular weight is 523 g/mol. The van der Waals surface area contributed by atoms with Crippen molar-refractivity contribution < 1.29 is 4.74 Å². The first-order valence-electron chi connectivity index (χ1n) is 13.2. The third-order valence-electron chi connectivity index (χ3n) is 7.01. The Morgan fingerprint density at radius 3 is 2.03 bits per heavy atom. The van der Waals surface area contributed by atoms with Crippen LogP contribution in [0.15, 0.2) is 55.1 Å². The summed E-state index contributed by atoms with van der Waals surface area (Å²) < 4.78 is 5.70. The van der Waals surface area contributed by atoms with Gasteiger partial charge in [0.25, 0.3) is 0 Å². The van der Waals surface area contributed by atoms with E-state index in [2.05, 4.69) is 52.3 Å². The number of likely N-dealkylation sites (tertiary alicyclic amines) is 1. The van der Waals surface area contributed by atoms with E-state index >= 15 is 0 Å². The maximum Gasteiger partial charge on any atom is 0.244 e. The van der Waals surface area contributed by atoms with Gasteiger partial charge in [-0.1, -0.05) is 17.7 Å². The Bertz CT molecular complexity index is 1110. The van der Waals surface area contributed by atoms with Crippen LogP contribution in [0, 0.1) is 0 Å². The summed E-state index contributed by atoms with van der Waals surface area (Å²) >= 11 is 6.30. The Morgan fingerprint density at radius 2 is 1.46 bits per heavy atom. The minimum Gasteiger partial charge on any atom is -0.492 e. The van der Waals surface area contributed by atoms with Gasteiger partial charge in [0, 0.05) is 44.4 Å². The smallest absolute Gasteiger partial charge is 0.244 e. The van der Waals surface area contributed by atoms with Gasteiger partial charge in [-0.15, -0.1) is 0 Å². The van der Waals surface area contributed by atoms with Gasteiger partial charge in [0.1, 0.15) is 5.75 Å². The van der Waals surface area contributed by atoms with Crippen molar-refractivity contribution in [3.63, 3.8) is 0 Å². The fourth-order valence-electron chi connectivity index (χ4n) is 5.23. The summed E-state index contributed by atoms with van der Waals surface area (Å²) in [5.41, 5.74) is 1.21. The topological polar surface area (TPSA) is 82.5 Å². The summed E-state index contributed by atoms with van der Waals surface area (Å²) in [4.78, 5) is 21.2. The van der Waals surface area contributed by atoms with Crippen LogP contribution < -0.4 is 20.1 Å². The van der Waals surface area contributed by atoms with Crippen LogP contribution in [0.5, 0.6) is 5.75 Å². The maximum absolute atomic E-state index is 6.30. The number of benzene rings is 1. The first-order valence-corrected chi connectivity index (χ1v) is 13.6. The summed E-state index contributed by atoms with van der Waals surface area (Å²) in [5.74, 6) is 2.16. The van der Waals surface area contributed by atoms with Crippen LogP contribution >= 0.6 is 11.6 Å². The van der Waals surface area contributed by atoms with Gasteiger partial charge < -0.3 is 10.1 Å². The van der Waals surface area contributed by atoms with E-state index in [1.807, 2.05) is 49.9 Å². The molecule has 196 valence electrons. The van der Waals surface area contributed by atoms with Crippen LogP contribution in [0.2, 0.25) is 5.02 Å². The number of anilines is 2. The molecule has 3 aromatic rings. The Labute approximate surface area is 223 Å². The Balaban J connectivity index is 1.36. The van der Waals surface area contributed by atoms with E-state index in [9.17, 15) is 0 Å². The number of aromatic nitrogens is 4. The molecule has 2 aromatic heterocycles. The SMILES string of the molecule is CCOc1cc(CN2CCC(N(c3ncccn3)N(c3ncccn3)C3CCNCC3)CC2)ccc1Cl. The van der Waals surface area contributed by atoms with E-state index in [4.69, 9.17) is 16.3 Å². The largest absolute Gasteiger partial charge is 0.492 e. The molecule has 5 rings (SSSR count). The Morgan fingerprint density at radius 1 is 0.892 bits per heavy atom. The van der Waals surface area contributed by atoms with E-state index in [-0.39, 0.29) is 12.1 Å². The molecule has 10 heteroatoms. The highest BCUT2D eigenvalue weighted by molar-refractivity contribution is 6.32. The van der Waals surface area contributed by atoms with E-state index in [0.717, 1.165) is 64.2 Å². The summed E-state index contributed by atoms with van der Waals surface area (Å²) in [6.07, 6.45) is 11.2. The first kappa shape index (κ1) is 25.6. The molecule has 0 aliphatic carbocycles. The molecule has 0 atom stereocenters. The maximum atomic E-state index is 6.30. The zero-order valence-corrected chi connectivity index (χ0v) is 22.1. The molecule has 0 unspecified atom stereocenters. The summed E-state index contributed by atoms with van der Waals surface area (Å²) in [7, 11) is 0. The second kappa shape index (κ2) is 12.5. The highest BCUT2D eigenvalue weighted by atomic mass is 35.5. The minimum absolute atomic E-state index is 0.238. The monoisotopic (exact) mass is 522 g/mol. The number of piperidine rings is 2. The number of ether oxygens (including phenoxy) is 1. The predicted octanol–water partition coefficient (Wildman–Crippen LogP) is 3.96. The standard InChI is InChI=1S/C27H35ClN8O/c1-2-37-25-19-21(5-6-24(25)28)20-34-17-9-23(10-18-34)36(27-32-13-4-14-33-27)35(22-7-15-29-16-8-22)26-30-11-3-12-31-26/h3-6,11-14,19,22-23,29H,2,7-10,15-18,20H2,1H3. The molecule has 0 radical (unpaired) electrons. The van der Waals surface area contributed by atoms with Crippen molar-refractivity contribution in [3.8, 4) is 5.75 Å². The van der Waals surface area contributed by atoms with Crippen molar-refractivity contribution in [3.05, 3.63) is 65.7 Å².